The van der Waals surface area contributed by atoms with Crippen LogP contribution in [-0.2, 0) is 0 Å². The Morgan fingerprint density at radius 2 is 1.79 bits per heavy atom. The summed E-state index contributed by atoms with van der Waals surface area (Å²) >= 11 is 5.94. The van der Waals surface area contributed by atoms with Gasteiger partial charge in [0.2, 0.25) is 0 Å². The Morgan fingerprint density at radius 1 is 1.04 bits per heavy atom. The van der Waals surface area contributed by atoms with Crippen LogP contribution in [0.4, 0.5) is 0 Å². The van der Waals surface area contributed by atoms with Crippen LogP contribution >= 0.6 is 11.6 Å². The molecule has 0 atom stereocenters. The van der Waals surface area contributed by atoms with Crippen LogP contribution in [0.3, 0.4) is 0 Å². The lowest BCUT2D eigenvalue weighted by Gasteiger charge is -2.06. The first kappa shape index (κ1) is 15.8. The summed E-state index contributed by atoms with van der Waals surface area (Å²) in [5.41, 5.74) is 4.37. The highest BCUT2D eigenvalue weighted by Crippen LogP contribution is 2.23. The molecule has 0 unspecified atom stereocenters. The highest BCUT2D eigenvalue weighted by molar-refractivity contribution is 6.33. The van der Waals surface area contributed by atoms with Gasteiger partial charge >= 0.3 is 11.6 Å². The largest absolute Gasteiger partial charge is 0.423 e. The smallest absolute Gasteiger partial charge is 0.349 e. The van der Waals surface area contributed by atoms with Crippen molar-refractivity contribution in [3.8, 4) is 5.75 Å². The van der Waals surface area contributed by atoms with Crippen molar-refractivity contribution in [3.05, 3.63) is 75.1 Å². The second kappa shape index (κ2) is 6.17. The van der Waals surface area contributed by atoms with Crippen LogP contribution in [0.2, 0.25) is 5.02 Å². The van der Waals surface area contributed by atoms with Crippen molar-refractivity contribution in [1.29, 1.82) is 0 Å². The van der Waals surface area contributed by atoms with E-state index in [1.165, 1.54) is 24.3 Å². The van der Waals surface area contributed by atoms with Crippen molar-refractivity contribution in [1.82, 2.24) is 0 Å². The summed E-state index contributed by atoms with van der Waals surface area (Å²) in [6.07, 6.45) is 0. The number of rotatable bonds is 3. The zero-order valence-corrected chi connectivity index (χ0v) is 12.9. The standard InChI is InChI=1S/C17H10ClNO5/c18-13-4-2-1-3-11(13)16(21)23-10-6-5-9-7-12(15(19)20)17(22)24-14(9)8-10/h1-8H,(H2,19,20). The van der Waals surface area contributed by atoms with Crippen LogP contribution in [-0.4, -0.2) is 11.9 Å². The van der Waals surface area contributed by atoms with E-state index in [1.54, 1.807) is 24.3 Å². The third-order valence-corrected chi connectivity index (χ3v) is 3.61. The second-order valence-electron chi connectivity index (χ2n) is 4.88. The Balaban J connectivity index is 1.95. The molecule has 0 spiro atoms. The van der Waals surface area contributed by atoms with Gasteiger partial charge in [-0.1, -0.05) is 23.7 Å². The van der Waals surface area contributed by atoms with E-state index < -0.39 is 17.5 Å². The van der Waals surface area contributed by atoms with E-state index in [2.05, 4.69) is 0 Å². The molecule has 0 aliphatic rings. The SMILES string of the molecule is NC(=O)c1cc2ccc(OC(=O)c3ccccc3Cl)cc2oc1=O. The van der Waals surface area contributed by atoms with Gasteiger partial charge in [0.15, 0.2) is 0 Å². The predicted molar refractivity (Wildman–Crippen MR) is 87.4 cm³/mol. The number of carbonyl (C=O) groups is 2. The third kappa shape index (κ3) is 3.00. The fraction of sp³-hybridized carbons (Fsp3) is 0. The number of fused-ring (bicyclic) bond motifs is 1. The number of halogens is 1. The summed E-state index contributed by atoms with van der Waals surface area (Å²) in [5.74, 6) is -1.35. The van der Waals surface area contributed by atoms with Gasteiger partial charge in [-0.15, -0.1) is 0 Å². The number of benzene rings is 2. The molecule has 3 rings (SSSR count). The Kier molecular flexibility index (Phi) is 4.05. The number of nitrogens with two attached hydrogens (primary N) is 1. The molecule has 6 nitrogen and oxygen atoms in total. The Hall–Kier alpha value is -3.12. The average Bonchev–Trinajstić information content (AvgIpc) is 2.54. The van der Waals surface area contributed by atoms with Gasteiger partial charge in [0.25, 0.3) is 5.91 Å². The van der Waals surface area contributed by atoms with E-state index in [0.717, 1.165) is 0 Å². The lowest BCUT2D eigenvalue weighted by molar-refractivity contribution is 0.0735. The molecule has 1 amide bonds. The number of amides is 1. The highest BCUT2D eigenvalue weighted by Gasteiger charge is 2.14. The number of ether oxygens (including phenoxy) is 1. The minimum absolute atomic E-state index is 0.162. The number of esters is 1. The maximum Gasteiger partial charge on any atom is 0.349 e. The van der Waals surface area contributed by atoms with Crippen LogP contribution in [0.5, 0.6) is 5.75 Å². The summed E-state index contributed by atoms with van der Waals surface area (Å²) < 4.78 is 10.3. The van der Waals surface area contributed by atoms with E-state index in [0.29, 0.717) is 5.39 Å². The van der Waals surface area contributed by atoms with Gasteiger partial charge < -0.3 is 14.9 Å². The molecule has 2 aromatic carbocycles. The fourth-order valence-electron chi connectivity index (χ4n) is 2.12. The lowest BCUT2D eigenvalue weighted by Crippen LogP contribution is -2.20. The number of carbonyl (C=O) groups excluding carboxylic acids is 2. The van der Waals surface area contributed by atoms with Gasteiger partial charge in [-0.2, -0.15) is 0 Å². The summed E-state index contributed by atoms with van der Waals surface area (Å²) in [6, 6.07) is 12.2. The minimum Gasteiger partial charge on any atom is -0.423 e. The Bertz CT molecular complexity index is 1020. The van der Waals surface area contributed by atoms with Gasteiger partial charge in [0.1, 0.15) is 16.9 Å². The number of primary amides is 1. The van der Waals surface area contributed by atoms with Crippen molar-refractivity contribution in [2.24, 2.45) is 5.73 Å². The van der Waals surface area contributed by atoms with Gasteiger partial charge in [0.05, 0.1) is 10.6 Å². The molecule has 0 bridgehead atoms. The first-order valence-electron chi connectivity index (χ1n) is 6.80. The first-order valence-corrected chi connectivity index (χ1v) is 7.18. The monoisotopic (exact) mass is 343 g/mol. The zero-order valence-electron chi connectivity index (χ0n) is 12.1. The summed E-state index contributed by atoms with van der Waals surface area (Å²) in [4.78, 5) is 34.9. The van der Waals surface area contributed by atoms with E-state index in [-0.39, 0.29) is 27.5 Å². The van der Waals surface area contributed by atoms with Crippen molar-refractivity contribution < 1.29 is 18.7 Å². The van der Waals surface area contributed by atoms with Crippen LogP contribution in [0.15, 0.2) is 57.7 Å². The van der Waals surface area contributed by atoms with E-state index in [4.69, 9.17) is 26.5 Å². The molecule has 0 fully saturated rings. The normalized spacial score (nSPS) is 10.5. The molecule has 24 heavy (non-hydrogen) atoms. The Labute approximate surface area is 140 Å². The molecule has 0 saturated carbocycles. The van der Waals surface area contributed by atoms with Gasteiger partial charge in [-0.05, 0) is 30.3 Å². The highest BCUT2D eigenvalue weighted by atomic mass is 35.5. The van der Waals surface area contributed by atoms with E-state index >= 15 is 0 Å². The van der Waals surface area contributed by atoms with Gasteiger partial charge in [-0.25, -0.2) is 9.59 Å². The number of hydrogen-bond acceptors (Lipinski definition) is 5. The third-order valence-electron chi connectivity index (χ3n) is 3.28. The van der Waals surface area contributed by atoms with Crippen LogP contribution in [0.25, 0.3) is 11.0 Å². The maximum atomic E-state index is 12.1. The average molecular weight is 344 g/mol. The minimum atomic E-state index is -0.875. The van der Waals surface area contributed by atoms with E-state index in [9.17, 15) is 14.4 Å². The Morgan fingerprint density at radius 3 is 2.50 bits per heavy atom. The second-order valence-corrected chi connectivity index (χ2v) is 5.29. The van der Waals surface area contributed by atoms with Gasteiger partial charge in [-0.3, -0.25) is 4.79 Å². The van der Waals surface area contributed by atoms with Crippen molar-refractivity contribution in [2.75, 3.05) is 0 Å². The summed E-state index contributed by atoms with van der Waals surface area (Å²) in [5, 5.41) is 0.738. The van der Waals surface area contributed by atoms with Crippen LogP contribution in [0.1, 0.15) is 20.7 Å². The molecule has 1 aromatic heterocycles. The van der Waals surface area contributed by atoms with Crippen molar-refractivity contribution >= 4 is 34.4 Å². The van der Waals surface area contributed by atoms with Crippen LogP contribution < -0.4 is 16.1 Å². The topological polar surface area (TPSA) is 99.6 Å². The molecule has 120 valence electrons. The quantitative estimate of drug-likeness (QED) is 0.448. The molecule has 0 aliphatic carbocycles. The number of hydrogen-bond donors (Lipinski definition) is 1. The maximum absolute atomic E-state index is 12.1. The molecule has 7 heteroatoms. The molecule has 0 aliphatic heterocycles. The lowest BCUT2D eigenvalue weighted by atomic mass is 10.1. The predicted octanol–water partition coefficient (Wildman–Crippen LogP) is 2.76. The van der Waals surface area contributed by atoms with Crippen molar-refractivity contribution in [3.63, 3.8) is 0 Å². The summed E-state index contributed by atoms with van der Waals surface area (Å²) in [6.45, 7) is 0. The zero-order chi connectivity index (χ0) is 17.3. The molecule has 2 N–H and O–H groups in total. The fourth-order valence-corrected chi connectivity index (χ4v) is 2.33. The van der Waals surface area contributed by atoms with E-state index in [1.807, 2.05) is 0 Å². The van der Waals surface area contributed by atoms with Crippen molar-refractivity contribution in [2.45, 2.75) is 0 Å². The molecule has 0 radical (unpaired) electrons. The van der Waals surface area contributed by atoms with Crippen LogP contribution in [0, 0.1) is 0 Å². The van der Waals surface area contributed by atoms with Gasteiger partial charge in [0, 0.05) is 11.5 Å². The molecular formula is C17H10ClNO5. The molecule has 1 heterocycles. The molecular weight excluding hydrogens is 334 g/mol. The summed E-state index contributed by atoms with van der Waals surface area (Å²) in [7, 11) is 0. The first-order chi connectivity index (χ1) is 11.5. The molecule has 3 aromatic rings. The molecule has 0 saturated heterocycles.